The Morgan fingerprint density at radius 1 is 0.912 bits per heavy atom. The third-order valence-corrected chi connectivity index (χ3v) is 9.21. The van der Waals surface area contributed by atoms with Gasteiger partial charge in [0.25, 0.3) is 0 Å². The highest BCUT2D eigenvalue weighted by molar-refractivity contribution is 5.88. The van der Waals surface area contributed by atoms with E-state index in [2.05, 4.69) is 0 Å². The topological polar surface area (TPSA) is 122 Å². The number of rotatable bonds is 3. The van der Waals surface area contributed by atoms with Gasteiger partial charge in [0.05, 0.1) is 6.42 Å². The van der Waals surface area contributed by atoms with Gasteiger partial charge in [0.2, 0.25) is 0 Å². The highest BCUT2D eigenvalue weighted by Gasteiger charge is 2.73. The molecule has 0 aromatic carbocycles. The number of hydrogen-bond donors (Lipinski definition) is 0. The number of hydrogen-bond acceptors (Lipinski definition) is 9. The van der Waals surface area contributed by atoms with Gasteiger partial charge in [-0.3, -0.25) is 24.0 Å². The minimum atomic E-state index is -0.996. The van der Waals surface area contributed by atoms with Gasteiger partial charge in [-0.1, -0.05) is 20.8 Å². The van der Waals surface area contributed by atoms with Crippen LogP contribution in [-0.2, 0) is 42.9 Å². The molecular formula is C25H34O9. The molecule has 0 aromatic heterocycles. The van der Waals surface area contributed by atoms with Gasteiger partial charge in [0.15, 0.2) is 6.10 Å². The molecule has 3 aliphatic carbocycles. The van der Waals surface area contributed by atoms with Gasteiger partial charge in [0, 0.05) is 49.9 Å². The summed E-state index contributed by atoms with van der Waals surface area (Å²) in [6.45, 7) is 9.80. The predicted molar refractivity (Wildman–Crippen MR) is 116 cm³/mol. The van der Waals surface area contributed by atoms with Crippen molar-refractivity contribution in [2.75, 3.05) is 0 Å². The number of esters is 4. The molecule has 9 heteroatoms. The van der Waals surface area contributed by atoms with Crippen molar-refractivity contribution in [1.82, 2.24) is 0 Å². The van der Waals surface area contributed by atoms with E-state index in [1.54, 1.807) is 0 Å². The van der Waals surface area contributed by atoms with E-state index in [4.69, 9.17) is 18.9 Å². The average Bonchev–Trinajstić information content (AvgIpc) is 2.71. The Balaban J connectivity index is 1.89. The van der Waals surface area contributed by atoms with Gasteiger partial charge in [-0.05, 0) is 24.7 Å². The molecule has 34 heavy (non-hydrogen) atoms. The Kier molecular flexibility index (Phi) is 6.05. The highest BCUT2D eigenvalue weighted by atomic mass is 16.6. The predicted octanol–water partition coefficient (Wildman–Crippen LogP) is 2.37. The lowest BCUT2D eigenvalue weighted by atomic mass is 9.38. The first-order valence-electron chi connectivity index (χ1n) is 12.1. The Morgan fingerprint density at radius 2 is 1.50 bits per heavy atom. The zero-order chi connectivity index (χ0) is 25.2. The van der Waals surface area contributed by atoms with Crippen molar-refractivity contribution in [3.63, 3.8) is 0 Å². The van der Waals surface area contributed by atoms with Gasteiger partial charge in [-0.25, -0.2) is 0 Å². The number of ether oxygens (including phenoxy) is 4. The summed E-state index contributed by atoms with van der Waals surface area (Å²) in [5.74, 6) is -3.05. The van der Waals surface area contributed by atoms with Crippen LogP contribution in [0.5, 0.6) is 0 Å². The van der Waals surface area contributed by atoms with E-state index in [9.17, 15) is 24.0 Å². The molecule has 9 nitrogen and oxygen atoms in total. The highest BCUT2D eigenvalue weighted by Crippen LogP contribution is 2.68. The van der Waals surface area contributed by atoms with Crippen LogP contribution in [0.4, 0.5) is 0 Å². The van der Waals surface area contributed by atoms with Crippen molar-refractivity contribution in [1.29, 1.82) is 0 Å². The van der Waals surface area contributed by atoms with E-state index in [-0.39, 0.29) is 35.9 Å². The third-order valence-electron chi connectivity index (χ3n) is 9.21. The SMILES string of the molecule is CC(=O)O[C@@H]1[C@@H](C)[C@@H]2C[C@H]3OC(=O)C[C@H]4C(=O)CC[C@@H]([C@@]34C)[C@@]2(C)[C@@H](OC(C)=O)[C@@H]1OC(C)=O. The summed E-state index contributed by atoms with van der Waals surface area (Å²) < 4.78 is 23.1. The van der Waals surface area contributed by atoms with Crippen molar-refractivity contribution >= 4 is 29.7 Å². The van der Waals surface area contributed by atoms with Crippen molar-refractivity contribution in [3.05, 3.63) is 0 Å². The number of Topliss-reactive ketones (excluding diaryl/α,β-unsaturated/α-hetero) is 1. The first-order valence-corrected chi connectivity index (χ1v) is 12.1. The quantitative estimate of drug-likeness (QED) is 0.444. The summed E-state index contributed by atoms with van der Waals surface area (Å²) in [6, 6.07) is 0. The minimum Gasteiger partial charge on any atom is -0.462 e. The van der Waals surface area contributed by atoms with Crippen LogP contribution in [0.3, 0.4) is 0 Å². The zero-order valence-electron chi connectivity index (χ0n) is 20.6. The molecule has 0 spiro atoms. The first-order chi connectivity index (χ1) is 15.8. The summed E-state index contributed by atoms with van der Waals surface area (Å²) in [4.78, 5) is 61.9. The third kappa shape index (κ3) is 3.53. The maximum atomic E-state index is 13.0. The fourth-order valence-corrected chi connectivity index (χ4v) is 7.97. The molecule has 0 N–H and O–H groups in total. The summed E-state index contributed by atoms with van der Waals surface area (Å²) in [6.07, 6.45) is -1.87. The van der Waals surface area contributed by atoms with Crippen LogP contribution in [0.15, 0.2) is 0 Å². The van der Waals surface area contributed by atoms with Crippen molar-refractivity contribution in [3.8, 4) is 0 Å². The number of fused-ring (bicyclic) bond motifs is 2. The average molecular weight is 479 g/mol. The second-order valence-electron chi connectivity index (χ2n) is 10.9. The van der Waals surface area contributed by atoms with E-state index in [0.717, 1.165) is 0 Å². The van der Waals surface area contributed by atoms with E-state index < -0.39 is 59.1 Å². The molecule has 0 aromatic rings. The molecular weight excluding hydrogens is 444 g/mol. The summed E-state index contributed by atoms with van der Waals surface area (Å²) >= 11 is 0. The number of ketones is 1. The molecule has 10 atom stereocenters. The van der Waals surface area contributed by atoms with E-state index >= 15 is 0 Å². The molecule has 1 saturated heterocycles. The van der Waals surface area contributed by atoms with Gasteiger partial charge in [0.1, 0.15) is 24.1 Å². The molecule has 0 radical (unpaired) electrons. The fourth-order valence-electron chi connectivity index (χ4n) is 7.97. The fraction of sp³-hybridized carbons (Fsp3) is 0.800. The summed E-state index contributed by atoms with van der Waals surface area (Å²) in [5.41, 5.74) is -1.35. The monoisotopic (exact) mass is 478 g/mol. The Labute approximate surface area is 199 Å². The lowest BCUT2D eigenvalue weighted by Crippen LogP contribution is -2.73. The van der Waals surface area contributed by atoms with Gasteiger partial charge >= 0.3 is 23.9 Å². The van der Waals surface area contributed by atoms with E-state index in [1.807, 2.05) is 20.8 Å². The molecule has 4 aliphatic rings. The second kappa shape index (κ2) is 8.34. The Morgan fingerprint density at radius 3 is 2.09 bits per heavy atom. The molecule has 0 unspecified atom stereocenters. The smallest absolute Gasteiger partial charge is 0.306 e. The van der Waals surface area contributed by atoms with E-state index in [1.165, 1.54) is 20.8 Å². The standard InChI is InChI=1S/C25H34O9/c1-11-15-9-19-24(5)16(10-20(30)34-19)17(29)7-8-18(24)25(15,6)23(33-14(4)28)22(32-13(3)27)21(11)31-12(2)26/h11,15-16,18-19,21-23H,7-10H2,1-6H3/t11-,15-,16-,18-,19+,21+,22+,23-,24-,25-/m0/s1. The largest absolute Gasteiger partial charge is 0.462 e. The molecule has 4 rings (SSSR count). The first kappa shape index (κ1) is 24.7. The summed E-state index contributed by atoms with van der Waals surface area (Å²) in [5, 5.41) is 0. The van der Waals surface area contributed by atoms with Crippen LogP contribution in [-0.4, -0.2) is 54.1 Å². The molecule has 3 saturated carbocycles. The van der Waals surface area contributed by atoms with Crippen molar-refractivity contribution in [2.24, 2.45) is 34.5 Å². The van der Waals surface area contributed by atoms with Crippen LogP contribution in [0.1, 0.15) is 67.2 Å². The van der Waals surface area contributed by atoms with E-state index in [0.29, 0.717) is 19.3 Å². The van der Waals surface area contributed by atoms with Crippen LogP contribution < -0.4 is 0 Å². The van der Waals surface area contributed by atoms with Gasteiger partial charge in [-0.2, -0.15) is 0 Å². The number of carbonyl (C=O) groups is 5. The maximum absolute atomic E-state index is 13.0. The van der Waals surface area contributed by atoms with Crippen LogP contribution >= 0.6 is 0 Å². The maximum Gasteiger partial charge on any atom is 0.306 e. The van der Waals surface area contributed by atoms with Crippen LogP contribution in [0, 0.1) is 34.5 Å². The Bertz CT molecular complexity index is 927. The molecule has 188 valence electrons. The molecule has 0 bridgehead atoms. The zero-order valence-corrected chi connectivity index (χ0v) is 20.6. The lowest BCUT2D eigenvalue weighted by molar-refractivity contribution is -0.289. The lowest BCUT2D eigenvalue weighted by Gasteiger charge is -2.68. The molecule has 4 fully saturated rings. The number of carbonyl (C=O) groups excluding carboxylic acids is 5. The molecule has 0 amide bonds. The molecule has 1 aliphatic heterocycles. The Hall–Kier alpha value is -2.45. The normalized spacial score (nSPS) is 45.2. The molecule has 1 heterocycles. The minimum absolute atomic E-state index is 0.0420. The van der Waals surface area contributed by atoms with Crippen molar-refractivity contribution < 1.29 is 42.9 Å². The second-order valence-corrected chi connectivity index (χ2v) is 10.9. The van der Waals surface area contributed by atoms with Crippen LogP contribution in [0.25, 0.3) is 0 Å². The van der Waals surface area contributed by atoms with Crippen LogP contribution in [0.2, 0.25) is 0 Å². The van der Waals surface area contributed by atoms with Gasteiger partial charge in [-0.15, -0.1) is 0 Å². The van der Waals surface area contributed by atoms with Gasteiger partial charge < -0.3 is 18.9 Å². The van der Waals surface area contributed by atoms with Crippen molar-refractivity contribution in [2.45, 2.75) is 91.6 Å². The summed E-state index contributed by atoms with van der Waals surface area (Å²) in [7, 11) is 0.